The molecule has 0 bridgehead atoms. The van der Waals surface area contributed by atoms with Crippen molar-refractivity contribution >= 4 is 45.3 Å². The van der Waals surface area contributed by atoms with Crippen LogP contribution in [0.3, 0.4) is 0 Å². The second kappa shape index (κ2) is 5.61. The number of thiazole rings is 1. The maximum Gasteiger partial charge on any atom is 0.282 e. The van der Waals surface area contributed by atoms with Crippen LogP contribution in [0.15, 0.2) is 24.4 Å². The second-order valence-electron chi connectivity index (χ2n) is 3.64. The third-order valence-electron chi connectivity index (χ3n) is 2.26. The van der Waals surface area contributed by atoms with Crippen LogP contribution in [0.5, 0.6) is 0 Å². The molecule has 0 spiro atoms. The molecule has 0 radical (unpaired) electrons. The molecule has 1 N–H and O–H groups in total. The number of nitrogens with zero attached hydrogens (tertiary/aromatic N) is 2. The van der Waals surface area contributed by atoms with Crippen LogP contribution in [-0.2, 0) is 6.54 Å². The molecule has 2 aromatic rings. The molecule has 1 aromatic heterocycles. The Labute approximate surface area is 122 Å². The van der Waals surface area contributed by atoms with Gasteiger partial charge in [0.2, 0.25) is 0 Å². The van der Waals surface area contributed by atoms with E-state index >= 15 is 0 Å². The first kappa shape index (κ1) is 13.2. The highest BCUT2D eigenvalue weighted by Crippen LogP contribution is 2.24. The van der Waals surface area contributed by atoms with Gasteiger partial charge in [0, 0.05) is 22.8 Å². The summed E-state index contributed by atoms with van der Waals surface area (Å²) < 4.78 is 0.623. The maximum atomic E-state index is 10.7. The number of hydrogen-bond acceptors (Lipinski definition) is 5. The van der Waals surface area contributed by atoms with Gasteiger partial charge in [0.1, 0.15) is 5.01 Å². The summed E-state index contributed by atoms with van der Waals surface area (Å²) in [4.78, 5) is 15.7. The topological polar surface area (TPSA) is 68.1 Å². The van der Waals surface area contributed by atoms with Crippen molar-refractivity contribution in [1.82, 2.24) is 4.98 Å². The van der Waals surface area contributed by atoms with Gasteiger partial charge < -0.3 is 5.32 Å². The monoisotopic (exact) mass is 375 g/mol. The lowest BCUT2D eigenvalue weighted by atomic mass is 10.3. The van der Waals surface area contributed by atoms with Gasteiger partial charge in [-0.1, -0.05) is 0 Å². The molecule has 1 heterocycles. The minimum absolute atomic E-state index is 0.131. The SMILES string of the molecule is Cc1cnc(CNc2ccc([N+](=O)[O-])c(I)c2)s1. The number of anilines is 1. The average molecular weight is 375 g/mol. The number of rotatable bonds is 4. The molecule has 0 saturated heterocycles. The van der Waals surface area contributed by atoms with Gasteiger partial charge in [-0.25, -0.2) is 4.98 Å². The van der Waals surface area contributed by atoms with E-state index in [9.17, 15) is 10.1 Å². The summed E-state index contributed by atoms with van der Waals surface area (Å²) in [6.45, 7) is 2.64. The summed E-state index contributed by atoms with van der Waals surface area (Å²) >= 11 is 3.60. The predicted molar refractivity (Wildman–Crippen MR) is 80.0 cm³/mol. The Hall–Kier alpha value is -1.22. The molecule has 18 heavy (non-hydrogen) atoms. The zero-order chi connectivity index (χ0) is 13.1. The van der Waals surface area contributed by atoms with E-state index in [1.54, 1.807) is 23.5 Å². The van der Waals surface area contributed by atoms with Crippen LogP contribution in [0.1, 0.15) is 9.88 Å². The molecular weight excluding hydrogens is 365 g/mol. The van der Waals surface area contributed by atoms with Crippen molar-refractivity contribution in [1.29, 1.82) is 0 Å². The summed E-state index contributed by atoms with van der Waals surface area (Å²) in [5, 5.41) is 14.9. The summed E-state index contributed by atoms with van der Waals surface area (Å²) in [5.74, 6) is 0. The number of hydrogen-bond donors (Lipinski definition) is 1. The van der Waals surface area contributed by atoms with Gasteiger partial charge in [-0.15, -0.1) is 11.3 Å². The van der Waals surface area contributed by atoms with Gasteiger partial charge in [-0.05, 0) is 41.6 Å². The van der Waals surface area contributed by atoms with E-state index in [2.05, 4.69) is 10.3 Å². The summed E-state index contributed by atoms with van der Waals surface area (Å²) in [5.41, 5.74) is 0.990. The van der Waals surface area contributed by atoms with Crippen molar-refractivity contribution in [2.24, 2.45) is 0 Å². The first-order chi connectivity index (χ1) is 8.56. The lowest BCUT2D eigenvalue weighted by molar-refractivity contribution is -0.385. The Morgan fingerprint density at radius 3 is 2.89 bits per heavy atom. The van der Waals surface area contributed by atoms with Crippen LogP contribution in [0, 0.1) is 20.6 Å². The summed E-state index contributed by atoms with van der Waals surface area (Å²) in [7, 11) is 0. The fraction of sp³-hybridized carbons (Fsp3) is 0.182. The Morgan fingerprint density at radius 2 is 2.33 bits per heavy atom. The van der Waals surface area contributed by atoms with Gasteiger partial charge in [-0.3, -0.25) is 10.1 Å². The maximum absolute atomic E-state index is 10.7. The number of halogens is 1. The van der Waals surface area contributed by atoms with E-state index in [-0.39, 0.29) is 10.6 Å². The molecule has 7 heteroatoms. The highest BCUT2D eigenvalue weighted by Gasteiger charge is 2.11. The van der Waals surface area contributed by atoms with Gasteiger partial charge in [0.15, 0.2) is 0 Å². The number of nitrogens with one attached hydrogen (secondary N) is 1. The molecular formula is C11H10IN3O2S. The lowest BCUT2D eigenvalue weighted by Gasteiger charge is -2.04. The number of aryl methyl sites for hydroxylation is 1. The van der Waals surface area contributed by atoms with Gasteiger partial charge in [0.25, 0.3) is 5.69 Å². The zero-order valence-electron chi connectivity index (χ0n) is 9.51. The molecule has 2 rings (SSSR count). The van der Waals surface area contributed by atoms with Crippen molar-refractivity contribution in [2.75, 3.05) is 5.32 Å². The second-order valence-corrected chi connectivity index (χ2v) is 6.12. The quantitative estimate of drug-likeness (QED) is 0.504. The van der Waals surface area contributed by atoms with Crippen molar-refractivity contribution < 1.29 is 4.92 Å². The Bertz CT molecular complexity index is 585. The van der Waals surface area contributed by atoms with Crippen LogP contribution in [0.25, 0.3) is 0 Å². The first-order valence-corrected chi connectivity index (χ1v) is 7.05. The van der Waals surface area contributed by atoms with E-state index in [1.165, 1.54) is 10.9 Å². The number of aromatic nitrogens is 1. The van der Waals surface area contributed by atoms with E-state index in [1.807, 2.05) is 35.7 Å². The van der Waals surface area contributed by atoms with Crippen LogP contribution in [0.2, 0.25) is 0 Å². The van der Waals surface area contributed by atoms with Gasteiger partial charge in [0.05, 0.1) is 15.0 Å². The first-order valence-electron chi connectivity index (χ1n) is 5.15. The molecule has 0 amide bonds. The van der Waals surface area contributed by atoms with Gasteiger partial charge >= 0.3 is 0 Å². The standard InChI is InChI=1S/C11H10IN3O2S/c1-7-5-14-11(18-7)6-13-8-2-3-10(15(16)17)9(12)4-8/h2-5,13H,6H2,1H3. The van der Waals surface area contributed by atoms with E-state index in [0.29, 0.717) is 10.1 Å². The highest BCUT2D eigenvalue weighted by atomic mass is 127. The number of nitro groups is 1. The van der Waals surface area contributed by atoms with Crippen molar-refractivity contribution in [3.8, 4) is 0 Å². The van der Waals surface area contributed by atoms with Crippen molar-refractivity contribution in [3.05, 3.63) is 48.0 Å². The molecule has 0 atom stereocenters. The highest BCUT2D eigenvalue weighted by molar-refractivity contribution is 14.1. The van der Waals surface area contributed by atoms with Gasteiger partial charge in [-0.2, -0.15) is 0 Å². The van der Waals surface area contributed by atoms with Crippen LogP contribution in [-0.4, -0.2) is 9.91 Å². The van der Waals surface area contributed by atoms with Crippen LogP contribution >= 0.6 is 33.9 Å². The molecule has 0 aliphatic heterocycles. The zero-order valence-corrected chi connectivity index (χ0v) is 12.5. The molecule has 5 nitrogen and oxygen atoms in total. The van der Waals surface area contributed by atoms with E-state index < -0.39 is 0 Å². The van der Waals surface area contributed by atoms with E-state index in [0.717, 1.165) is 10.7 Å². The molecule has 1 aromatic carbocycles. The third kappa shape index (κ3) is 3.16. The molecule has 0 aliphatic carbocycles. The number of nitro benzene ring substituents is 1. The summed E-state index contributed by atoms with van der Waals surface area (Å²) in [6, 6.07) is 4.98. The number of benzene rings is 1. The molecule has 94 valence electrons. The summed E-state index contributed by atoms with van der Waals surface area (Å²) in [6.07, 6.45) is 1.83. The van der Waals surface area contributed by atoms with Crippen LogP contribution < -0.4 is 5.32 Å². The normalized spacial score (nSPS) is 10.3. The van der Waals surface area contributed by atoms with E-state index in [4.69, 9.17) is 0 Å². The fourth-order valence-electron chi connectivity index (χ4n) is 1.43. The predicted octanol–water partition coefficient (Wildman–Crippen LogP) is 3.58. The molecule has 0 unspecified atom stereocenters. The fourth-order valence-corrected chi connectivity index (χ4v) is 2.86. The Balaban J connectivity index is 2.06. The Morgan fingerprint density at radius 1 is 1.56 bits per heavy atom. The van der Waals surface area contributed by atoms with Crippen molar-refractivity contribution in [3.63, 3.8) is 0 Å². The lowest BCUT2D eigenvalue weighted by Crippen LogP contribution is -2.00. The molecule has 0 aliphatic rings. The Kier molecular flexibility index (Phi) is 4.12. The van der Waals surface area contributed by atoms with Crippen LogP contribution in [0.4, 0.5) is 11.4 Å². The smallest absolute Gasteiger partial charge is 0.282 e. The van der Waals surface area contributed by atoms with Crippen molar-refractivity contribution in [2.45, 2.75) is 13.5 Å². The average Bonchev–Trinajstić information content (AvgIpc) is 2.72. The third-order valence-corrected chi connectivity index (χ3v) is 4.03. The molecule has 0 saturated carbocycles. The largest absolute Gasteiger partial charge is 0.378 e. The minimum Gasteiger partial charge on any atom is -0.378 e. The minimum atomic E-state index is -0.379. The molecule has 0 fully saturated rings.